The van der Waals surface area contributed by atoms with E-state index < -0.39 is 17.6 Å². The van der Waals surface area contributed by atoms with Crippen molar-refractivity contribution in [2.75, 3.05) is 0 Å². The van der Waals surface area contributed by atoms with Crippen LogP contribution in [0.3, 0.4) is 0 Å². The van der Waals surface area contributed by atoms with Crippen LogP contribution in [0.5, 0.6) is 0 Å². The maximum atomic E-state index is 12.8. The fraction of sp³-hybridized carbons (Fsp3) is 0.381. The lowest BCUT2D eigenvalue weighted by Gasteiger charge is -2.34. The van der Waals surface area contributed by atoms with Gasteiger partial charge in [0.2, 0.25) is 0 Å². The summed E-state index contributed by atoms with van der Waals surface area (Å²) in [5.41, 5.74) is 0.300. The summed E-state index contributed by atoms with van der Waals surface area (Å²) in [5.74, 6) is -0.564. The normalized spacial score (nSPS) is 30.5. The van der Waals surface area contributed by atoms with Gasteiger partial charge >= 0.3 is 5.97 Å². The molecule has 0 spiro atoms. The Morgan fingerprint density at radius 2 is 1.50 bits per heavy atom. The summed E-state index contributed by atoms with van der Waals surface area (Å²) >= 11 is 0. The summed E-state index contributed by atoms with van der Waals surface area (Å²) < 4.78 is 5.75. The van der Waals surface area contributed by atoms with Gasteiger partial charge in [-0.05, 0) is 29.9 Å². The number of hydrogen-bond donors (Lipinski definition) is 1. The van der Waals surface area contributed by atoms with E-state index in [4.69, 9.17) is 4.74 Å². The Morgan fingerprint density at radius 1 is 0.917 bits per heavy atom. The Hall–Kier alpha value is -2.13. The molecule has 2 aromatic rings. The summed E-state index contributed by atoms with van der Waals surface area (Å²) in [5, 5.41) is 11.8. The summed E-state index contributed by atoms with van der Waals surface area (Å²) in [4.78, 5) is 12.8. The zero-order chi connectivity index (χ0) is 16.6. The molecule has 2 aliphatic rings. The van der Waals surface area contributed by atoms with E-state index in [0.29, 0.717) is 0 Å². The lowest BCUT2D eigenvalue weighted by Crippen LogP contribution is -2.40. The summed E-state index contributed by atoms with van der Waals surface area (Å²) in [6, 6.07) is 19.1. The molecular weight excluding hydrogens is 300 g/mol. The molecule has 0 amide bonds. The number of rotatable bonds is 3. The van der Waals surface area contributed by atoms with Gasteiger partial charge in [-0.3, -0.25) is 4.79 Å². The van der Waals surface area contributed by atoms with E-state index >= 15 is 0 Å². The Kier molecular flexibility index (Phi) is 3.89. The molecule has 24 heavy (non-hydrogen) atoms. The average Bonchev–Trinajstić information content (AvgIpc) is 3.23. The third-order valence-corrected chi connectivity index (χ3v) is 5.57. The molecule has 4 rings (SSSR count). The van der Waals surface area contributed by atoms with Crippen molar-refractivity contribution in [3.8, 4) is 0 Å². The van der Waals surface area contributed by atoms with Crippen LogP contribution in [0.1, 0.15) is 42.9 Å². The zero-order valence-electron chi connectivity index (χ0n) is 13.6. The van der Waals surface area contributed by atoms with Gasteiger partial charge in [0.05, 0.1) is 5.92 Å². The Labute approximate surface area is 142 Å². The van der Waals surface area contributed by atoms with Gasteiger partial charge in [-0.25, -0.2) is 0 Å². The first-order valence-electron chi connectivity index (χ1n) is 8.74. The molecular formula is C21H22O3. The van der Waals surface area contributed by atoms with Gasteiger partial charge in [0.25, 0.3) is 0 Å². The van der Waals surface area contributed by atoms with Crippen molar-refractivity contribution in [1.29, 1.82) is 0 Å². The van der Waals surface area contributed by atoms with E-state index in [1.807, 2.05) is 60.7 Å². The second-order valence-corrected chi connectivity index (χ2v) is 6.94. The van der Waals surface area contributed by atoms with E-state index in [9.17, 15) is 9.90 Å². The zero-order valence-corrected chi connectivity index (χ0v) is 13.6. The summed E-state index contributed by atoms with van der Waals surface area (Å²) in [6.45, 7) is 0. The molecule has 1 aliphatic carbocycles. The molecule has 1 heterocycles. The highest BCUT2D eigenvalue weighted by Gasteiger charge is 2.60. The van der Waals surface area contributed by atoms with Gasteiger partial charge in [0, 0.05) is 0 Å². The van der Waals surface area contributed by atoms with E-state index in [1.54, 1.807) is 0 Å². The highest BCUT2D eigenvalue weighted by molar-refractivity contribution is 5.78. The Bertz CT molecular complexity index is 706. The number of ether oxygens (including phenoxy) is 1. The minimum Gasteiger partial charge on any atom is -0.454 e. The molecule has 1 saturated carbocycles. The molecule has 1 N–H and O–H groups in total. The van der Waals surface area contributed by atoms with Gasteiger partial charge in [-0.15, -0.1) is 0 Å². The quantitative estimate of drug-likeness (QED) is 0.870. The third kappa shape index (κ3) is 2.35. The Balaban J connectivity index is 1.84. The highest BCUT2D eigenvalue weighted by Crippen LogP contribution is 2.54. The van der Waals surface area contributed by atoms with Gasteiger partial charge in [0.15, 0.2) is 6.10 Å². The highest BCUT2D eigenvalue weighted by atomic mass is 16.6. The minimum atomic E-state index is -1.31. The van der Waals surface area contributed by atoms with Crippen molar-refractivity contribution in [3.63, 3.8) is 0 Å². The van der Waals surface area contributed by atoms with Crippen LogP contribution in [0.2, 0.25) is 0 Å². The topological polar surface area (TPSA) is 46.5 Å². The first kappa shape index (κ1) is 15.4. The first-order chi connectivity index (χ1) is 11.7. The van der Waals surface area contributed by atoms with Crippen LogP contribution in [-0.2, 0) is 15.1 Å². The van der Waals surface area contributed by atoms with Crippen LogP contribution in [0.15, 0.2) is 60.7 Å². The average molecular weight is 322 g/mol. The van der Waals surface area contributed by atoms with Crippen molar-refractivity contribution in [2.24, 2.45) is 11.8 Å². The lowest BCUT2D eigenvalue weighted by molar-refractivity contribution is -0.145. The second kappa shape index (κ2) is 6.06. The first-order valence-corrected chi connectivity index (χ1v) is 8.74. The van der Waals surface area contributed by atoms with E-state index in [2.05, 4.69) is 0 Å². The van der Waals surface area contributed by atoms with Crippen molar-refractivity contribution < 1.29 is 14.6 Å². The largest absolute Gasteiger partial charge is 0.454 e. The van der Waals surface area contributed by atoms with Crippen LogP contribution in [0, 0.1) is 11.8 Å². The Morgan fingerprint density at radius 3 is 2.12 bits per heavy atom. The number of aliphatic hydroxyl groups is 1. The predicted octanol–water partition coefficient (Wildman–Crippen LogP) is 3.98. The number of benzene rings is 2. The van der Waals surface area contributed by atoms with Crippen LogP contribution < -0.4 is 0 Å². The fourth-order valence-corrected chi connectivity index (χ4v) is 4.45. The number of esters is 1. The van der Waals surface area contributed by atoms with Crippen molar-refractivity contribution in [2.45, 2.75) is 37.4 Å². The van der Waals surface area contributed by atoms with Gasteiger partial charge in [-0.2, -0.15) is 0 Å². The van der Waals surface area contributed by atoms with E-state index in [1.165, 1.54) is 0 Å². The van der Waals surface area contributed by atoms with Crippen molar-refractivity contribution in [1.82, 2.24) is 0 Å². The number of carbonyl (C=O) groups is 1. The van der Waals surface area contributed by atoms with E-state index in [0.717, 1.165) is 36.8 Å². The smallest absolute Gasteiger partial charge is 0.313 e. The molecule has 3 atom stereocenters. The monoisotopic (exact) mass is 322 g/mol. The molecule has 2 aromatic carbocycles. The molecule has 0 unspecified atom stereocenters. The van der Waals surface area contributed by atoms with Crippen molar-refractivity contribution in [3.05, 3.63) is 71.8 Å². The van der Waals surface area contributed by atoms with Gasteiger partial charge < -0.3 is 9.84 Å². The molecule has 3 heteroatoms. The molecule has 0 bridgehead atoms. The van der Waals surface area contributed by atoms with Gasteiger partial charge in [0.1, 0.15) is 5.60 Å². The summed E-state index contributed by atoms with van der Waals surface area (Å²) in [6.07, 6.45) is 3.55. The number of hydrogen-bond acceptors (Lipinski definition) is 3. The van der Waals surface area contributed by atoms with Gasteiger partial charge in [-0.1, -0.05) is 73.5 Å². The predicted molar refractivity (Wildman–Crippen MR) is 91.1 cm³/mol. The van der Waals surface area contributed by atoms with Crippen molar-refractivity contribution >= 4 is 5.97 Å². The van der Waals surface area contributed by atoms with Crippen LogP contribution in [0.4, 0.5) is 0 Å². The maximum Gasteiger partial charge on any atom is 0.313 e. The minimum absolute atomic E-state index is 0.191. The van der Waals surface area contributed by atoms with Crippen LogP contribution in [-0.4, -0.2) is 11.1 Å². The van der Waals surface area contributed by atoms with E-state index in [-0.39, 0.29) is 11.9 Å². The SMILES string of the molecule is O=C1O[C@H](c2ccccc2)[C@@](O)(c2ccccc2)[C@@H]1C1CCCC1. The molecule has 3 nitrogen and oxygen atoms in total. The molecule has 0 radical (unpaired) electrons. The standard InChI is InChI=1S/C21H22O3/c22-20-18(15-9-7-8-10-15)21(23,17-13-5-2-6-14-17)19(24-20)16-11-3-1-4-12-16/h1-6,11-15,18-19,23H,7-10H2/t18-,19-,21-/m1/s1. The molecule has 0 aromatic heterocycles. The molecule has 124 valence electrons. The lowest BCUT2D eigenvalue weighted by atomic mass is 9.71. The fourth-order valence-electron chi connectivity index (χ4n) is 4.45. The van der Waals surface area contributed by atoms with Crippen LogP contribution in [0.25, 0.3) is 0 Å². The number of cyclic esters (lactones) is 1. The summed E-state index contributed by atoms with van der Waals surface area (Å²) in [7, 11) is 0. The maximum absolute atomic E-state index is 12.8. The second-order valence-electron chi connectivity index (χ2n) is 6.94. The molecule has 2 fully saturated rings. The third-order valence-electron chi connectivity index (χ3n) is 5.57. The molecule has 1 saturated heterocycles. The molecule has 1 aliphatic heterocycles. The van der Waals surface area contributed by atoms with Crippen LogP contribution >= 0.6 is 0 Å². The number of carbonyl (C=O) groups excluding carboxylic acids is 1.